The number of allylic oxidation sites excluding steroid dienone is 3. The lowest BCUT2D eigenvalue weighted by atomic mass is 10.3. The fourth-order valence-electron chi connectivity index (χ4n) is 0.489. The van der Waals surface area contributed by atoms with Crippen molar-refractivity contribution in [1.29, 1.82) is 0 Å². The van der Waals surface area contributed by atoms with E-state index in [1.807, 2.05) is 19.1 Å². The van der Waals surface area contributed by atoms with Crippen LogP contribution in [0.3, 0.4) is 0 Å². The molecule has 1 heteroatoms. The van der Waals surface area contributed by atoms with E-state index < -0.39 is 0 Å². The summed E-state index contributed by atoms with van der Waals surface area (Å²) < 4.78 is 0. The maximum Gasteiger partial charge on any atom is 0.0917 e. The molecule has 1 N–H and O–H groups in total. The molecule has 0 saturated carbocycles. The SMILES string of the molecule is C/C=C(/O)C/C=C\CC. The third-order valence-electron chi connectivity index (χ3n) is 1.06. The van der Waals surface area contributed by atoms with Gasteiger partial charge in [-0.25, -0.2) is 0 Å². The van der Waals surface area contributed by atoms with Crippen molar-refractivity contribution in [2.24, 2.45) is 0 Å². The highest BCUT2D eigenvalue weighted by atomic mass is 16.3. The van der Waals surface area contributed by atoms with Crippen LogP contribution in [0.5, 0.6) is 0 Å². The fraction of sp³-hybridized carbons (Fsp3) is 0.500. The van der Waals surface area contributed by atoms with E-state index in [1.54, 1.807) is 6.08 Å². The Kier molecular flexibility index (Phi) is 4.98. The Hall–Kier alpha value is -0.720. The summed E-state index contributed by atoms with van der Waals surface area (Å²) in [6.45, 7) is 3.90. The number of rotatable bonds is 3. The summed E-state index contributed by atoms with van der Waals surface area (Å²) in [7, 11) is 0. The Balaban J connectivity index is 3.38. The molecule has 0 aromatic carbocycles. The summed E-state index contributed by atoms with van der Waals surface area (Å²) in [4.78, 5) is 0. The van der Waals surface area contributed by atoms with Gasteiger partial charge >= 0.3 is 0 Å². The first kappa shape index (κ1) is 8.28. The topological polar surface area (TPSA) is 20.2 Å². The van der Waals surface area contributed by atoms with Crippen LogP contribution in [0.15, 0.2) is 24.0 Å². The normalized spacial score (nSPS) is 12.9. The molecule has 9 heavy (non-hydrogen) atoms. The highest BCUT2D eigenvalue weighted by molar-refractivity contribution is 4.96. The lowest BCUT2D eigenvalue weighted by molar-refractivity contribution is 0.400. The third kappa shape index (κ3) is 5.15. The molecule has 0 aromatic rings. The van der Waals surface area contributed by atoms with Crippen LogP contribution in [0.4, 0.5) is 0 Å². The average Bonchev–Trinajstić information content (AvgIpc) is 1.89. The molecule has 0 aliphatic rings. The number of aliphatic hydroxyl groups excluding tert-OH is 1. The van der Waals surface area contributed by atoms with Gasteiger partial charge in [0, 0.05) is 6.42 Å². The van der Waals surface area contributed by atoms with E-state index in [4.69, 9.17) is 5.11 Å². The maximum absolute atomic E-state index is 8.89. The molecule has 0 fully saturated rings. The predicted molar refractivity (Wildman–Crippen MR) is 40.4 cm³/mol. The summed E-state index contributed by atoms with van der Waals surface area (Å²) in [6.07, 6.45) is 7.43. The molecule has 0 amide bonds. The second-order valence-electron chi connectivity index (χ2n) is 1.86. The zero-order valence-electron chi connectivity index (χ0n) is 6.09. The van der Waals surface area contributed by atoms with Crippen molar-refractivity contribution < 1.29 is 5.11 Å². The van der Waals surface area contributed by atoms with Crippen LogP contribution in [0.25, 0.3) is 0 Å². The smallest absolute Gasteiger partial charge is 0.0917 e. The summed E-state index contributed by atoms with van der Waals surface area (Å²) in [5.74, 6) is 0.444. The second-order valence-corrected chi connectivity index (χ2v) is 1.86. The Bertz CT molecular complexity index is 112. The van der Waals surface area contributed by atoms with E-state index in [0.29, 0.717) is 12.2 Å². The molecule has 0 unspecified atom stereocenters. The first-order valence-electron chi connectivity index (χ1n) is 3.30. The van der Waals surface area contributed by atoms with Crippen molar-refractivity contribution >= 4 is 0 Å². The van der Waals surface area contributed by atoms with Crippen LogP contribution in [-0.4, -0.2) is 5.11 Å². The lowest BCUT2D eigenvalue weighted by Gasteiger charge is -1.89. The van der Waals surface area contributed by atoms with Crippen LogP contribution in [0.1, 0.15) is 26.7 Å². The molecule has 0 aromatic heterocycles. The zero-order chi connectivity index (χ0) is 7.11. The minimum Gasteiger partial charge on any atom is -0.512 e. The van der Waals surface area contributed by atoms with Crippen molar-refractivity contribution in [3.63, 3.8) is 0 Å². The van der Waals surface area contributed by atoms with Gasteiger partial charge in [-0.15, -0.1) is 0 Å². The van der Waals surface area contributed by atoms with E-state index in [0.717, 1.165) is 6.42 Å². The number of hydrogen-bond donors (Lipinski definition) is 1. The Morgan fingerprint density at radius 1 is 1.44 bits per heavy atom. The summed E-state index contributed by atoms with van der Waals surface area (Å²) >= 11 is 0. The zero-order valence-corrected chi connectivity index (χ0v) is 6.09. The van der Waals surface area contributed by atoms with Gasteiger partial charge in [-0.2, -0.15) is 0 Å². The van der Waals surface area contributed by atoms with Crippen LogP contribution >= 0.6 is 0 Å². The van der Waals surface area contributed by atoms with E-state index in [9.17, 15) is 0 Å². The minimum absolute atomic E-state index is 0.444. The van der Waals surface area contributed by atoms with Gasteiger partial charge in [0.15, 0.2) is 0 Å². The molecular weight excluding hydrogens is 112 g/mol. The van der Waals surface area contributed by atoms with Gasteiger partial charge < -0.3 is 5.11 Å². The Morgan fingerprint density at radius 2 is 2.11 bits per heavy atom. The van der Waals surface area contributed by atoms with Crippen LogP contribution < -0.4 is 0 Å². The fourth-order valence-corrected chi connectivity index (χ4v) is 0.489. The van der Waals surface area contributed by atoms with Gasteiger partial charge in [-0.3, -0.25) is 0 Å². The maximum atomic E-state index is 8.89. The predicted octanol–water partition coefficient (Wildman–Crippen LogP) is 2.80. The highest BCUT2D eigenvalue weighted by Gasteiger charge is 1.81. The van der Waals surface area contributed by atoms with Crippen LogP contribution in [-0.2, 0) is 0 Å². The van der Waals surface area contributed by atoms with Crippen molar-refractivity contribution in [2.75, 3.05) is 0 Å². The van der Waals surface area contributed by atoms with Gasteiger partial charge in [0.1, 0.15) is 0 Å². The molecule has 0 saturated heterocycles. The monoisotopic (exact) mass is 126 g/mol. The Morgan fingerprint density at radius 3 is 2.56 bits per heavy atom. The molecule has 0 heterocycles. The van der Waals surface area contributed by atoms with Gasteiger partial charge in [0.25, 0.3) is 0 Å². The largest absolute Gasteiger partial charge is 0.512 e. The molecule has 0 radical (unpaired) electrons. The van der Waals surface area contributed by atoms with Crippen molar-refractivity contribution in [3.05, 3.63) is 24.0 Å². The molecule has 0 spiro atoms. The van der Waals surface area contributed by atoms with Crippen molar-refractivity contribution in [1.82, 2.24) is 0 Å². The molecular formula is C8H14O. The number of hydrogen-bond acceptors (Lipinski definition) is 1. The summed E-state index contributed by atoms with van der Waals surface area (Å²) in [5.41, 5.74) is 0. The molecule has 1 nitrogen and oxygen atoms in total. The molecule has 0 aliphatic heterocycles. The molecule has 52 valence electrons. The standard InChI is InChI=1S/C8H14O/c1-3-5-6-7-8(9)4-2/h4-6,9H,3,7H2,1-2H3/b6-5-,8-4+. The van der Waals surface area contributed by atoms with E-state index in [-0.39, 0.29) is 0 Å². The van der Waals surface area contributed by atoms with E-state index >= 15 is 0 Å². The lowest BCUT2D eigenvalue weighted by Crippen LogP contribution is -1.74. The van der Waals surface area contributed by atoms with Crippen LogP contribution in [0, 0.1) is 0 Å². The Labute approximate surface area is 56.7 Å². The van der Waals surface area contributed by atoms with Gasteiger partial charge in [0.05, 0.1) is 5.76 Å². The summed E-state index contributed by atoms with van der Waals surface area (Å²) in [5, 5.41) is 8.89. The molecule has 0 atom stereocenters. The third-order valence-corrected chi connectivity index (χ3v) is 1.06. The second kappa shape index (κ2) is 5.42. The quantitative estimate of drug-likeness (QED) is 0.455. The number of aliphatic hydroxyl groups is 1. The first-order chi connectivity index (χ1) is 4.31. The highest BCUT2D eigenvalue weighted by Crippen LogP contribution is 1.96. The van der Waals surface area contributed by atoms with Crippen molar-refractivity contribution in [3.8, 4) is 0 Å². The van der Waals surface area contributed by atoms with E-state index in [2.05, 4.69) is 6.92 Å². The van der Waals surface area contributed by atoms with Gasteiger partial charge in [0.2, 0.25) is 0 Å². The van der Waals surface area contributed by atoms with E-state index in [1.165, 1.54) is 0 Å². The molecule has 0 rings (SSSR count). The molecule has 0 bridgehead atoms. The van der Waals surface area contributed by atoms with Crippen molar-refractivity contribution in [2.45, 2.75) is 26.7 Å². The molecule has 0 aliphatic carbocycles. The first-order valence-corrected chi connectivity index (χ1v) is 3.30. The van der Waals surface area contributed by atoms with Gasteiger partial charge in [-0.1, -0.05) is 19.1 Å². The minimum atomic E-state index is 0.444. The van der Waals surface area contributed by atoms with Crippen LogP contribution in [0.2, 0.25) is 0 Å². The summed E-state index contributed by atoms with van der Waals surface area (Å²) in [6, 6.07) is 0. The average molecular weight is 126 g/mol. The van der Waals surface area contributed by atoms with Gasteiger partial charge in [-0.05, 0) is 19.4 Å².